The van der Waals surface area contributed by atoms with Crippen molar-refractivity contribution in [1.82, 2.24) is 10.2 Å². The molecule has 0 aliphatic heterocycles. The summed E-state index contributed by atoms with van der Waals surface area (Å²) >= 11 is 0. The summed E-state index contributed by atoms with van der Waals surface area (Å²) in [5.41, 5.74) is 2.48. The first kappa shape index (κ1) is 10.4. The van der Waals surface area contributed by atoms with E-state index >= 15 is 0 Å². The number of ether oxygens (including phenoxy) is 1. The molecule has 0 aliphatic carbocycles. The summed E-state index contributed by atoms with van der Waals surface area (Å²) in [6.45, 7) is 3.81. The van der Waals surface area contributed by atoms with E-state index in [0.29, 0.717) is 11.4 Å². The Hall–Kier alpha value is -2.10. The first-order valence-electron chi connectivity index (χ1n) is 4.96. The van der Waals surface area contributed by atoms with Crippen LogP contribution in [0.2, 0.25) is 0 Å². The minimum atomic E-state index is -0.397. The van der Waals surface area contributed by atoms with E-state index in [2.05, 4.69) is 10.2 Å². The fourth-order valence-corrected chi connectivity index (χ4v) is 1.29. The number of hydrogen-bond donors (Lipinski definition) is 1. The molecule has 0 saturated heterocycles. The van der Waals surface area contributed by atoms with Crippen molar-refractivity contribution in [2.75, 3.05) is 0 Å². The fraction of sp³-hybridized carbons (Fsp3) is 0.167. The standard InChI is InChI=1S/C12H12N2O2/c1-8-3-5-10(6-4-8)12(15)16-11-7-9(2)13-14-11/h3-7H,1-2H3,(H,13,14). The quantitative estimate of drug-likeness (QED) is 0.783. The van der Waals surface area contributed by atoms with Crippen LogP contribution in [0, 0.1) is 13.8 Å². The van der Waals surface area contributed by atoms with E-state index in [0.717, 1.165) is 11.3 Å². The van der Waals surface area contributed by atoms with E-state index in [9.17, 15) is 4.79 Å². The SMILES string of the molecule is Cc1ccc(C(=O)Oc2cc(C)[nH]n2)cc1. The zero-order chi connectivity index (χ0) is 11.5. The number of hydrogen-bond acceptors (Lipinski definition) is 3. The van der Waals surface area contributed by atoms with Crippen LogP contribution in [0.1, 0.15) is 21.6 Å². The van der Waals surface area contributed by atoms with Gasteiger partial charge in [-0.15, -0.1) is 5.10 Å². The normalized spacial score (nSPS) is 10.1. The van der Waals surface area contributed by atoms with E-state index in [4.69, 9.17) is 4.74 Å². The first-order valence-corrected chi connectivity index (χ1v) is 4.96. The monoisotopic (exact) mass is 216 g/mol. The topological polar surface area (TPSA) is 55.0 Å². The second-order valence-electron chi connectivity index (χ2n) is 3.64. The lowest BCUT2D eigenvalue weighted by Crippen LogP contribution is -2.08. The molecule has 0 saturated carbocycles. The summed E-state index contributed by atoms with van der Waals surface area (Å²) in [7, 11) is 0. The molecule has 0 atom stereocenters. The van der Waals surface area contributed by atoms with Gasteiger partial charge in [0.05, 0.1) is 5.56 Å². The number of carbonyl (C=O) groups excluding carboxylic acids is 1. The van der Waals surface area contributed by atoms with Crippen molar-refractivity contribution in [1.29, 1.82) is 0 Å². The second kappa shape index (κ2) is 4.18. The second-order valence-corrected chi connectivity index (χ2v) is 3.64. The van der Waals surface area contributed by atoms with Crippen molar-refractivity contribution in [2.45, 2.75) is 13.8 Å². The van der Waals surface area contributed by atoms with Crippen LogP contribution in [0.4, 0.5) is 0 Å². The number of nitrogens with one attached hydrogen (secondary N) is 1. The summed E-state index contributed by atoms with van der Waals surface area (Å²) in [6.07, 6.45) is 0. The summed E-state index contributed by atoms with van der Waals surface area (Å²) in [4.78, 5) is 11.7. The molecule has 1 aromatic carbocycles. The van der Waals surface area contributed by atoms with Gasteiger partial charge >= 0.3 is 5.97 Å². The lowest BCUT2D eigenvalue weighted by molar-refractivity contribution is 0.0727. The molecule has 1 aromatic heterocycles. The molecule has 0 spiro atoms. The molecule has 2 rings (SSSR count). The Morgan fingerprint density at radius 2 is 1.94 bits per heavy atom. The van der Waals surface area contributed by atoms with Crippen LogP contribution in [-0.2, 0) is 0 Å². The van der Waals surface area contributed by atoms with E-state index in [1.54, 1.807) is 18.2 Å². The van der Waals surface area contributed by atoms with Gasteiger partial charge in [-0.2, -0.15) is 0 Å². The Morgan fingerprint density at radius 3 is 2.50 bits per heavy atom. The van der Waals surface area contributed by atoms with Crippen molar-refractivity contribution in [2.24, 2.45) is 0 Å². The van der Waals surface area contributed by atoms with Crippen LogP contribution in [0.25, 0.3) is 0 Å². The third kappa shape index (κ3) is 2.28. The number of aromatic amines is 1. The molecule has 1 N–H and O–H groups in total. The maximum atomic E-state index is 11.7. The van der Waals surface area contributed by atoms with Crippen molar-refractivity contribution in [3.8, 4) is 5.88 Å². The molecule has 82 valence electrons. The van der Waals surface area contributed by atoms with Crippen LogP contribution < -0.4 is 4.74 Å². The van der Waals surface area contributed by atoms with Gasteiger partial charge in [-0.1, -0.05) is 17.7 Å². The zero-order valence-electron chi connectivity index (χ0n) is 9.15. The zero-order valence-corrected chi connectivity index (χ0v) is 9.15. The van der Waals surface area contributed by atoms with Crippen molar-refractivity contribution in [3.05, 3.63) is 47.2 Å². The molecule has 2 aromatic rings. The number of nitrogens with zero attached hydrogens (tertiary/aromatic N) is 1. The number of benzene rings is 1. The minimum absolute atomic E-state index is 0.295. The first-order chi connectivity index (χ1) is 7.65. The van der Waals surface area contributed by atoms with Gasteiger partial charge in [0.25, 0.3) is 0 Å². The molecule has 1 heterocycles. The third-order valence-electron chi connectivity index (χ3n) is 2.17. The molecule has 0 fully saturated rings. The lowest BCUT2D eigenvalue weighted by Gasteiger charge is -2.00. The number of rotatable bonds is 2. The van der Waals surface area contributed by atoms with Gasteiger partial charge in [0, 0.05) is 11.8 Å². The van der Waals surface area contributed by atoms with Gasteiger partial charge in [-0.05, 0) is 26.0 Å². The predicted molar refractivity (Wildman–Crippen MR) is 59.5 cm³/mol. The van der Waals surface area contributed by atoms with Crippen LogP contribution in [0.5, 0.6) is 5.88 Å². The summed E-state index contributed by atoms with van der Waals surface area (Å²) in [6, 6.07) is 8.87. The summed E-state index contributed by atoms with van der Waals surface area (Å²) < 4.78 is 5.08. The van der Waals surface area contributed by atoms with Crippen LogP contribution >= 0.6 is 0 Å². The lowest BCUT2D eigenvalue weighted by atomic mass is 10.1. The van der Waals surface area contributed by atoms with Crippen LogP contribution in [0.15, 0.2) is 30.3 Å². The highest BCUT2D eigenvalue weighted by Gasteiger charge is 2.09. The maximum absolute atomic E-state index is 11.7. The Kier molecular flexibility index (Phi) is 2.72. The molecular weight excluding hydrogens is 204 g/mol. The van der Waals surface area contributed by atoms with E-state index in [1.165, 1.54) is 0 Å². The van der Waals surface area contributed by atoms with Crippen LogP contribution in [0.3, 0.4) is 0 Å². The number of carbonyl (C=O) groups is 1. The molecule has 4 heteroatoms. The molecule has 0 bridgehead atoms. The highest BCUT2D eigenvalue weighted by atomic mass is 16.5. The average Bonchev–Trinajstić information content (AvgIpc) is 2.65. The van der Waals surface area contributed by atoms with Crippen LogP contribution in [-0.4, -0.2) is 16.2 Å². The number of aryl methyl sites for hydroxylation is 2. The molecular formula is C12H12N2O2. The van der Waals surface area contributed by atoms with E-state index in [-0.39, 0.29) is 0 Å². The third-order valence-corrected chi connectivity index (χ3v) is 2.17. The molecule has 0 unspecified atom stereocenters. The van der Waals surface area contributed by atoms with E-state index in [1.807, 2.05) is 26.0 Å². The molecule has 16 heavy (non-hydrogen) atoms. The number of H-pyrrole nitrogens is 1. The molecule has 4 nitrogen and oxygen atoms in total. The van der Waals surface area contributed by atoms with Gasteiger partial charge < -0.3 is 4.74 Å². The summed E-state index contributed by atoms with van der Waals surface area (Å²) in [5.74, 6) is -0.102. The van der Waals surface area contributed by atoms with Crippen molar-refractivity contribution in [3.63, 3.8) is 0 Å². The van der Waals surface area contributed by atoms with E-state index < -0.39 is 5.97 Å². The highest BCUT2D eigenvalue weighted by molar-refractivity contribution is 5.90. The highest BCUT2D eigenvalue weighted by Crippen LogP contribution is 2.11. The Balaban J connectivity index is 2.11. The van der Waals surface area contributed by atoms with Crippen molar-refractivity contribution < 1.29 is 9.53 Å². The van der Waals surface area contributed by atoms with Gasteiger partial charge in [0.2, 0.25) is 5.88 Å². The van der Waals surface area contributed by atoms with Crippen molar-refractivity contribution >= 4 is 5.97 Å². The minimum Gasteiger partial charge on any atom is -0.402 e. The smallest absolute Gasteiger partial charge is 0.344 e. The van der Waals surface area contributed by atoms with Gasteiger partial charge in [-0.3, -0.25) is 5.10 Å². The van der Waals surface area contributed by atoms with Gasteiger partial charge in [0.1, 0.15) is 0 Å². The maximum Gasteiger partial charge on any atom is 0.344 e. The molecule has 0 aliphatic rings. The van der Waals surface area contributed by atoms with Gasteiger partial charge in [0.15, 0.2) is 0 Å². The Bertz CT molecular complexity index is 500. The Labute approximate surface area is 93.3 Å². The fourth-order valence-electron chi connectivity index (χ4n) is 1.29. The number of esters is 1. The van der Waals surface area contributed by atoms with Gasteiger partial charge in [-0.25, -0.2) is 4.79 Å². The predicted octanol–water partition coefficient (Wildman–Crippen LogP) is 2.25. The average molecular weight is 216 g/mol. The molecule has 0 amide bonds. The largest absolute Gasteiger partial charge is 0.402 e. The summed E-state index contributed by atoms with van der Waals surface area (Å²) in [5, 5.41) is 6.54. The number of aromatic nitrogens is 2. The molecule has 0 radical (unpaired) electrons. The Morgan fingerprint density at radius 1 is 1.25 bits per heavy atom.